The summed E-state index contributed by atoms with van der Waals surface area (Å²) in [6.45, 7) is 14.6. The average Bonchev–Trinajstić information content (AvgIpc) is 3.22. The lowest BCUT2D eigenvalue weighted by molar-refractivity contribution is -0.133. The number of imide groups is 2. The number of piperidine rings is 2. The molecule has 4 unspecified atom stereocenters. The van der Waals surface area contributed by atoms with E-state index in [1.54, 1.807) is 12.1 Å². The number of rotatable bonds is 15. The SMILES string of the molecule is CCCC(C(=O)NC=O)N(C=O)C(=O)c1c(C)cccc1N1CCC(CCCN2CCC(N3CCN4C(/C=C(\N)c5ccccc5O)=C(N)NCC4C3)C(C)C2)CC1. The minimum Gasteiger partial charge on any atom is -0.507 e. The highest BCUT2D eigenvalue weighted by Crippen LogP contribution is 2.33. The van der Waals surface area contributed by atoms with Crippen molar-refractivity contribution < 1.29 is 24.3 Å². The van der Waals surface area contributed by atoms with Gasteiger partial charge in [-0.1, -0.05) is 44.5 Å². The van der Waals surface area contributed by atoms with E-state index in [2.05, 4.69) is 37.2 Å². The number of hydrogen-bond donors (Lipinski definition) is 5. The summed E-state index contributed by atoms with van der Waals surface area (Å²) in [4.78, 5) is 60.7. The molecular formula is C44H63N9O5. The van der Waals surface area contributed by atoms with E-state index in [4.69, 9.17) is 11.5 Å². The van der Waals surface area contributed by atoms with E-state index < -0.39 is 17.9 Å². The Labute approximate surface area is 343 Å². The molecule has 0 radical (unpaired) electrons. The quantitative estimate of drug-likeness (QED) is 0.167. The fraction of sp³-hybridized carbons (Fsp3) is 0.545. The lowest BCUT2D eigenvalue weighted by Crippen LogP contribution is -2.63. The second-order valence-corrected chi connectivity index (χ2v) is 16.6. The third-order valence-electron chi connectivity index (χ3n) is 12.8. The topological polar surface area (TPSA) is 181 Å². The van der Waals surface area contributed by atoms with Crippen LogP contribution in [0.1, 0.15) is 80.3 Å². The van der Waals surface area contributed by atoms with Crippen LogP contribution in [0.25, 0.3) is 5.70 Å². The summed E-state index contributed by atoms with van der Waals surface area (Å²) in [6.07, 6.45) is 8.95. The molecule has 0 spiro atoms. The first kappa shape index (κ1) is 42.5. The molecule has 7 N–H and O–H groups in total. The molecule has 4 aliphatic heterocycles. The number of aryl methyl sites for hydroxylation is 1. The van der Waals surface area contributed by atoms with Gasteiger partial charge in [-0.15, -0.1) is 0 Å². The predicted octanol–water partition coefficient (Wildman–Crippen LogP) is 3.16. The maximum absolute atomic E-state index is 13.9. The predicted molar refractivity (Wildman–Crippen MR) is 226 cm³/mol. The second-order valence-electron chi connectivity index (χ2n) is 16.6. The zero-order valence-corrected chi connectivity index (χ0v) is 34.4. The number of phenols is 1. The van der Waals surface area contributed by atoms with Crippen molar-refractivity contribution in [2.45, 2.75) is 83.8 Å². The molecule has 58 heavy (non-hydrogen) atoms. The van der Waals surface area contributed by atoms with Crippen molar-refractivity contribution in [3.05, 3.63) is 76.7 Å². The Morgan fingerprint density at radius 2 is 1.81 bits per heavy atom. The molecule has 4 heterocycles. The highest BCUT2D eigenvalue weighted by Gasteiger charge is 2.38. The highest BCUT2D eigenvalue weighted by molar-refractivity contribution is 6.08. The molecule has 2 aromatic rings. The molecule has 14 nitrogen and oxygen atoms in total. The Balaban J connectivity index is 0.966. The van der Waals surface area contributed by atoms with Crippen LogP contribution in [0.4, 0.5) is 5.69 Å². The summed E-state index contributed by atoms with van der Waals surface area (Å²) in [5, 5.41) is 15.9. The van der Waals surface area contributed by atoms with Gasteiger partial charge in [0.05, 0.1) is 17.3 Å². The Bertz CT molecular complexity index is 1840. The summed E-state index contributed by atoms with van der Waals surface area (Å²) < 4.78 is 0. The Morgan fingerprint density at radius 1 is 1.03 bits per heavy atom. The summed E-state index contributed by atoms with van der Waals surface area (Å²) >= 11 is 0. The summed E-state index contributed by atoms with van der Waals surface area (Å²) in [5.41, 5.74) is 16.8. The maximum Gasteiger partial charge on any atom is 0.263 e. The summed E-state index contributed by atoms with van der Waals surface area (Å²) in [7, 11) is 0. The summed E-state index contributed by atoms with van der Waals surface area (Å²) in [5.74, 6) is 0.763. The first-order valence-corrected chi connectivity index (χ1v) is 21.1. The number of para-hydroxylation sites is 1. The number of piperazine rings is 1. The van der Waals surface area contributed by atoms with E-state index in [9.17, 15) is 24.3 Å². The molecule has 2 aromatic carbocycles. The number of phenolic OH excluding ortho intramolecular Hbond substituents is 1. The van der Waals surface area contributed by atoms with E-state index in [0.29, 0.717) is 53.4 Å². The number of nitrogens with zero attached hydrogens (tertiary/aromatic N) is 5. The standard InChI is InChI=1S/C44H63N9O5/c1-4-9-38(43(57)48-28-54)53(29-55)44(58)41-30(2)10-7-13-37(41)50-20-15-32(16-21-50)11-8-18-49-19-17-36(31(3)26-49)51-22-23-52-33(27-51)25-47-42(46)39(52)24-35(45)34-12-5-6-14-40(34)56/h5-7,10,12-14,24,28-29,31-33,36,38,47,56H,4,8-9,11,15-23,25-27,45-46H2,1-3H3,(H,48,54,57)/b35-24-. The third-order valence-corrected chi connectivity index (χ3v) is 12.8. The Hall–Kier alpha value is -5.08. The number of hydrogen-bond acceptors (Lipinski definition) is 12. The molecule has 4 atom stereocenters. The number of likely N-dealkylation sites (tertiary alicyclic amines) is 1. The number of benzene rings is 2. The molecule has 314 valence electrons. The second kappa shape index (κ2) is 19.6. The molecule has 3 saturated heterocycles. The van der Waals surface area contributed by atoms with Crippen molar-refractivity contribution in [1.29, 1.82) is 0 Å². The number of allylic oxidation sites excluding steroid dienone is 1. The molecule has 4 aliphatic rings. The van der Waals surface area contributed by atoms with Crippen molar-refractivity contribution in [2.75, 3.05) is 63.8 Å². The zero-order chi connectivity index (χ0) is 41.3. The number of nitrogens with two attached hydrogens (primary N) is 2. The number of fused-ring (bicyclic) bond motifs is 1. The van der Waals surface area contributed by atoms with Crippen molar-refractivity contribution >= 4 is 36.0 Å². The zero-order valence-electron chi connectivity index (χ0n) is 34.4. The van der Waals surface area contributed by atoms with Gasteiger partial charge in [-0.05, 0) is 100 Å². The van der Waals surface area contributed by atoms with Crippen molar-refractivity contribution in [3.63, 3.8) is 0 Å². The third kappa shape index (κ3) is 9.61. The van der Waals surface area contributed by atoms with E-state index in [1.807, 2.05) is 50.3 Å². The molecule has 0 aromatic heterocycles. The van der Waals surface area contributed by atoms with Gasteiger partial charge in [0, 0.05) is 68.8 Å². The first-order chi connectivity index (χ1) is 28.0. The monoisotopic (exact) mass is 797 g/mol. The molecule has 3 fully saturated rings. The largest absolute Gasteiger partial charge is 0.507 e. The molecule has 4 amide bonds. The first-order valence-electron chi connectivity index (χ1n) is 21.1. The lowest BCUT2D eigenvalue weighted by atomic mass is 9.89. The molecular weight excluding hydrogens is 735 g/mol. The highest BCUT2D eigenvalue weighted by atomic mass is 16.3. The minimum atomic E-state index is -1.06. The van der Waals surface area contributed by atoms with Crippen LogP contribution in [0, 0.1) is 18.8 Å². The number of carbonyl (C=O) groups excluding carboxylic acids is 4. The molecule has 14 heteroatoms. The van der Waals surface area contributed by atoms with E-state index in [0.717, 1.165) is 106 Å². The number of amides is 4. The van der Waals surface area contributed by atoms with E-state index in [-0.39, 0.29) is 24.6 Å². The lowest BCUT2D eigenvalue weighted by Gasteiger charge is -2.51. The van der Waals surface area contributed by atoms with Crippen LogP contribution in [0.15, 0.2) is 60.1 Å². The van der Waals surface area contributed by atoms with E-state index in [1.165, 1.54) is 6.42 Å². The van der Waals surface area contributed by atoms with Crippen LogP contribution in [0.3, 0.4) is 0 Å². The van der Waals surface area contributed by atoms with Gasteiger partial charge < -0.3 is 36.6 Å². The molecule has 0 saturated carbocycles. The Morgan fingerprint density at radius 3 is 2.52 bits per heavy atom. The van der Waals surface area contributed by atoms with Gasteiger partial charge in [0.1, 0.15) is 17.6 Å². The van der Waals surface area contributed by atoms with Gasteiger partial charge in [0.25, 0.3) is 5.91 Å². The average molecular weight is 798 g/mol. The van der Waals surface area contributed by atoms with Gasteiger partial charge in [-0.25, -0.2) is 0 Å². The Kier molecular flexibility index (Phi) is 14.4. The molecule has 0 bridgehead atoms. The van der Waals surface area contributed by atoms with Crippen LogP contribution >= 0.6 is 0 Å². The van der Waals surface area contributed by atoms with Crippen LogP contribution < -0.4 is 27.0 Å². The molecule has 6 rings (SSSR count). The normalized spacial score (nSPS) is 22.8. The van der Waals surface area contributed by atoms with Gasteiger partial charge >= 0.3 is 0 Å². The summed E-state index contributed by atoms with van der Waals surface area (Å²) in [6, 6.07) is 12.6. The van der Waals surface area contributed by atoms with Crippen molar-refractivity contribution in [1.82, 2.24) is 30.2 Å². The van der Waals surface area contributed by atoms with Gasteiger partial charge in [0.2, 0.25) is 18.7 Å². The number of nitrogens with one attached hydrogen (secondary N) is 2. The van der Waals surface area contributed by atoms with Crippen LogP contribution in [0.2, 0.25) is 0 Å². The van der Waals surface area contributed by atoms with Crippen LogP contribution in [0.5, 0.6) is 5.75 Å². The fourth-order valence-electron chi connectivity index (χ4n) is 9.69. The van der Waals surface area contributed by atoms with Crippen molar-refractivity contribution in [2.24, 2.45) is 23.3 Å². The number of carbonyl (C=O) groups is 4. The van der Waals surface area contributed by atoms with Gasteiger partial charge in [-0.2, -0.15) is 0 Å². The minimum absolute atomic E-state index is 0.153. The van der Waals surface area contributed by atoms with Gasteiger partial charge in [0.15, 0.2) is 0 Å². The maximum atomic E-state index is 13.9. The smallest absolute Gasteiger partial charge is 0.263 e. The molecule has 0 aliphatic carbocycles. The van der Waals surface area contributed by atoms with Crippen molar-refractivity contribution in [3.8, 4) is 5.75 Å². The number of aromatic hydroxyl groups is 1. The van der Waals surface area contributed by atoms with Crippen LogP contribution in [-0.4, -0.2) is 126 Å². The number of anilines is 1. The fourth-order valence-corrected chi connectivity index (χ4v) is 9.69. The van der Waals surface area contributed by atoms with Crippen LogP contribution in [-0.2, 0) is 14.4 Å². The van der Waals surface area contributed by atoms with Gasteiger partial charge in [-0.3, -0.25) is 34.3 Å². The van der Waals surface area contributed by atoms with E-state index >= 15 is 0 Å².